The maximum Gasteiger partial charge on any atom is 0.251 e. The fraction of sp³-hybridized carbons (Fsp3) is 0.389. The van der Waals surface area contributed by atoms with Gasteiger partial charge in [0.15, 0.2) is 0 Å². The predicted molar refractivity (Wildman–Crippen MR) is 91.1 cm³/mol. The van der Waals surface area contributed by atoms with Crippen LogP contribution in [0.5, 0.6) is 5.75 Å². The minimum absolute atomic E-state index is 0.0120. The van der Waals surface area contributed by atoms with Gasteiger partial charge in [0.25, 0.3) is 5.91 Å². The van der Waals surface area contributed by atoms with Crippen molar-refractivity contribution in [2.45, 2.75) is 31.9 Å². The van der Waals surface area contributed by atoms with Crippen molar-refractivity contribution < 1.29 is 14.3 Å². The lowest BCUT2D eigenvalue weighted by Crippen LogP contribution is -2.26. The highest BCUT2D eigenvalue weighted by Crippen LogP contribution is 2.20. The highest BCUT2D eigenvalue weighted by atomic mass is 32.1. The summed E-state index contributed by atoms with van der Waals surface area (Å²) in [6.45, 7) is 3.39. The first kappa shape index (κ1) is 16.0. The average molecular weight is 331 g/mol. The van der Waals surface area contributed by atoms with Crippen molar-refractivity contribution in [3.8, 4) is 5.75 Å². The third-order valence-electron chi connectivity index (χ3n) is 3.89. The molecule has 0 aliphatic carbocycles. The van der Waals surface area contributed by atoms with Gasteiger partial charge in [-0.05, 0) is 55.5 Å². The molecule has 23 heavy (non-hydrogen) atoms. The molecule has 0 radical (unpaired) electrons. The van der Waals surface area contributed by atoms with E-state index in [4.69, 9.17) is 9.47 Å². The molecule has 1 N–H and O–H groups in total. The smallest absolute Gasteiger partial charge is 0.251 e. The summed E-state index contributed by atoms with van der Waals surface area (Å²) in [5.74, 6) is 0.694. The molecule has 4 nitrogen and oxygen atoms in total. The number of hydrogen-bond donors (Lipinski definition) is 1. The van der Waals surface area contributed by atoms with Crippen LogP contribution in [0.15, 0.2) is 41.8 Å². The second-order valence-corrected chi connectivity index (χ2v) is 6.66. The molecule has 1 saturated heterocycles. The Bertz CT molecular complexity index is 618. The Balaban J connectivity index is 1.52. The molecule has 2 heterocycles. The maximum absolute atomic E-state index is 12.3. The Kier molecular flexibility index (Phi) is 5.31. The van der Waals surface area contributed by atoms with Gasteiger partial charge in [0.2, 0.25) is 0 Å². The van der Waals surface area contributed by atoms with Crippen molar-refractivity contribution in [2.75, 3.05) is 13.2 Å². The molecule has 0 unspecified atom stereocenters. The minimum atomic E-state index is -0.0726. The summed E-state index contributed by atoms with van der Waals surface area (Å²) >= 11 is 1.64. The summed E-state index contributed by atoms with van der Waals surface area (Å²) in [5.41, 5.74) is 0.637. The Labute approximate surface area is 140 Å². The lowest BCUT2D eigenvalue weighted by molar-refractivity contribution is 0.0679. The molecule has 2 atom stereocenters. The van der Waals surface area contributed by atoms with Crippen molar-refractivity contribution in [1.29, 1.82) is 0 Å². The van der Waals surface area contributed by atoms with Crippen LogP contribution in [0.3, 0.4) is 0 Å². The summed E-state index contributed by atoms with van der Waals surface area (Å²) < 4.78 is 11.2. The van der Waals surface area contributed by atoms with E-state index in [0.29, 0.717) is 12.2 Å². The first-order valence-corrected chi connectivity index (χ1v) is 8.79. The van der Waals surface area contributed by atoms with Crippen LogP contribution in [0.25, 0.3) is 0 Å². The molecule has 3 rings (SSSR count). The average Bonchev–Trinajstić information content (AvgIpc) is 3.26. The predicted octanol–water partition coefficient (Wildman–Crippen LogP) is 3.80. The van der Waals surface area contributed by atoms with E-state index in [0.717, 1.165) is 30.1 Å². The number of benzene rings is 1. The van der Waals surface area contributed by atoms with Gasteiger partial charge >= 0.3 is 0 Å². The third kappa shape index (κ3) is 4.33. The topological polar surface area (TPSA) is 47.6 Å². The molecule has 1 aromatic heterocycles. The summed E-state index contributed by atoms with van der Waals surface area (Å²) in [5, 5.41) is 5.02. The fourth-order valence-corrected chi connectivity index (χ4v) is 3.29. The van der Waals surface area contributed by atoms with Crippen LogP contribution in [0.4, 0.5) is 0 Å². The van der Waals surface area contributed by atoms with Crippen molar-refractivity contribution in [3.63, 3.8) is 0 Å². The molecular weight excluding hydrogens is 310 g/mol. The molecule has 2 aromatic rings. The van der Waals surface area contributed by atoms with Crippen LogP contribution in [-0.2, 0) is 4.74 Å². The molecule has 5 heteroatoms. The molecule has 0 saturated carbocycles. The molecular formula is C18H21NO3S. The van der Waals surface area contributed by atoms with Gasteiger partial charge in [0.05, 0.1) is 12.1 Å². The second-order valence-electron chi connectivity index (χ2n) is 5.68. The molecule has 1 aromatic carbocycles. The van der Waals surface area contributed by atoms with Crippen molar-refractivity contribution in [3.05, 3.63) is 52.2 Å². The van der Waals surface area contributed by atoms with Crippen molar-refractivity contribution >= 4 is 17.2 Å². The lowest BCUT2D eigenvalue weighted by Gasteiger charge is -2.13. The van der Waals surface area contributed by atoms with E-state index in [2.05, 4.69) is 5.32 Å². The van der Waals surface area contributed by atoms with Crippen molar-refractivity contribution in [2.24, 2.45) is 0 Å². The molecule has 122 valence electrons. The highest BCUT2D eigenvalue weighted by molar-refractivity contribution is 7.10. The van der Waals surface area contributed by atoms with E-state index in [-0.39, 0.29) is 18.1 Å². The van der Waals surface area contributed by atoms with Crippen LogP contribution < -0.4 is 10.1 Å². The van der Waals surface area contributed by atoms with E-state index < -0.39 is 0 Å². The summed E-state index contributed by atoms with van der Waals surface area (Å²) in [7, 11) is 0. The monoisotopic (exact) mass is 331 g/mol. The van der Waals surface area contributed by atoms with Crippen LogP contribution in [0.1, 0.15) is 41.0 Å². The van der Waals surface area contributed by atoms with Gasteiger partial charge in [0, 0.05) is 17.0 Å². The van der Waals surface area contributed by atoms with Crippen LogP contribution in [0.2, 0.25) is 0 Å². The molecule has 1 aliphatic rings. The quantitative estimate of drug-likeness (QED) is 0.876. The van der Waals surface area contributed by atoms with Gasteiger partial charge in [-0.2, -0.15) is 0 Å². The van der Waals surface area contributed by atoms with Gasteiger partial charge in [-0.3, -0.25) is 4.79 Å². The number of hydrogen-bond acceptors (Lipinski definition) is 4. The Hall–Kier alpha value is -1.85. The van der Waals surface area contributed by atoms with Crippen LogP contribution in [-0.4, -0.2) is 25.2 Å². The number of amides is 1. The van der Waals surface area contributed by atoms with Gasteiger partial charge in [-0.15, -0.1) is 11.3 Å². The summed E-state index contributed by atoms with van der Waals surface area (Å²) in [6.07, 6.45) is 2.36. The maximum atomic E-state index is 12.3. The standard InChI is InChI=1S/C18H21NO3S/c1-13(17-5-3-11-23-17)19-18(20)14-6-8-15(9-7-14)22-12-16-4-2-10-21-16/h3,5-9,11,13,16H,2,4,10,12H2,1H3,(H,19,20)/t13-,16-/m0/s1. The first-order chi connectivity index (χ1) is 11.2. The Morgan fingerprint density at radius 3 is 2.87 bits per heavy atom. The van der Waals surface area contributed by atoms with Gasteiger partial charge in [-0.1, -0.05) is 6.07 Å². The van der Waals surface area contributed by atoms with E-state index in [1.807, 2.05) is 36.6 Å². The van der Waals surface area contributed by atoms with E-state index in [1.165, 1.54) is 0 Å². The third-order valence-corrected chi connectivity index (χ3v) is 4.95. The summed E-state index contributed by atoms with van der Waals surface area (Å²) in [6, 6.07) is 11.3. The fourth-order valence-electron chi connectivity index (χ4n) is 2.56. The number of carbonyl (C=O) groups is 1. The van der Waals surface area contributed by atoms with E-state index in [1.54, 1.807) is 23.5 Å². The van der Waals surface area contributed by atoms with E-state index in [9.17, 15) is 4.79 Å². The zero-order chi connectivity index (χ0) is 16.1. The normalized spacial score (nSPS) is 18.6. The number of ether oxygens (including phenoxy) is 2. The largest absolute Gasteiger partial charge is 0.491 e. The zero-order valence-corrected chi connectivity index (χ0v) is 14.0. The number of nitrogens with one attached hydrogen (secondary N) is 1. The Morgan fingerprint density at radius 1 is 1.39 bits per heavy atom. The molecule has 0 bridgehead atoms. The van der Waals surface area contributed by atoms with Crippen LogP contribution in [0, 0.1) is 0 Å². The van der Waals surface area contributed by atoms with Crippen molar-refractivity contribution in [1.82, 2.24) is 5.32 Å². The van der Waals surface area contributed by atoms with Gasteiger partial charge in [0.1, 0.15) is 12.4 Å². The highest BCUT2D eigenvalue weighted by Gasteiger charge is 2.16. The number of rotatable bonds is 6. The van der Waals surface area contributed by atoms with Crippen LogP contribution >= 0.6 is 11.3 Å². The molecule has 1 amide bonds. The molecule has 1 fully saturated rings. The Morgan fingerprint density at radius 2 is 2.22 bits per heavy atom. The van der Waals surface area contributed by atoms with Gasteiger partial charge < -0.3 is 14.8 Å². The summed E-state index contributed by atoms with van der Waals surface area (Å²) in [4.78, 5) is 13.4. The van der Waals surface area contributed by atoms with E-state index >= 15 is 0 Å². The SMILES string of the molecule is C[C@H](NC(=O)c1ccc(OC[C@@H]2CCCO2)cc1)c1cccs1. The second kappa shape index (κ2) is 7.62. The molecule has 0 spiro atoms. The number of thiophene rings is 1. The lowest BCUT2D eigenvalue weighted by atomic mass is 10.2. The molecule has 1 aliphatic heterocycles. The zero-order valence-electron chi connectivity index (χ0n) is 13.2. The first-order valence-electron chi connectivity index (χ1n) is 7.91. The number of carbonyl (C=O) groups excluding carboxylic acids is 1. The minimum Gasteiger partial charge on any atom is -0.491 e. The van der Waals surface area contributed by atoms with Gasteiger partial charge in [-0.25, -0.2) is 0 Å².